The van der Waals surface area contributed by atoms with Gasteiger partial charge in [0.1, 0.15) is 0 Å². The van der Waals surface area contributed by atoms with Crippen molar-refractivity contribution < 1.29 is 6.45 Å². The van der Waals surface area contributed by atoms with E-state index in [2.05, 4.69) is 18.1 Å². The molecule has 0 amide bonds. The Morgan fingerprint density at radius 2 is 2.27 bits per heavy atom. The Kier molecular flexibility index (Phi) is 5.12. The Bertz CT molecular complexity index is 194. The Morgan fingerprint density at radius 1 is 1.64 bits per heavy atom. The molecular formula is C8H14BNO. The van der Waals surface area contributed by atoms with Crippen LogP contribution in [0.5, 0.6) is 0 Å². The molecule has 0 fully saturated rings. The highest BCUT2D eigenvalue weighted by molar-refractivity contribution is 6.64. The molecule has 60 valence electrons. The standard InChI is InChI=1S/C6H8BNO.C2H4.H2/c1-7(9)6-3-2-4-8-5-6;1-2;/h2-5,9H,1H3;1-2H2;1H. The van der Waals surface area contributed by atoms with E-state index in [4.69, 9.17) is 5.02 Å². The lowest BCUT2D eigenvalue weighted by atomic mass is 9.65. The van der Waals surface area contributed by atoms with Crippen LogP contribution in [0.15, 0.2) is 37.7 Å². The molecule has 0 unspecified atom stereocenters. The van der Waals surface area contributed by atoms with Gasteiger partial charge < -0.3 is 5.02 Å². The molecule has 3 heteroatoms. The van der Waals surface area contributed by atoms with Crippen LogP contribution in [0, 0.1) is 0 Å². The summed E-state index contributed by atoms with van der Waals surface area (Å²) in [6.45, 7) is 7.32. The number of hydrogen-bond donors (Lipinski definition) is 1. The zero-order valence-electron chi connectivity index (χ0n) is 6.70. The smallest absolute Gasteiger partial charge is 0.321 e. The van der Waals surface area contributed by atoms with E-state index < -0.39 is 6.92 Å². The fourth-order valence-corrected chi connectivity index (χ4v) is 0.623. The second kappa shape index (κ2) is 5.68. The van der Waals surface area contributed by atoms with Gasteiger partial charge in [-0.25, -0.2) is 0 Å². The summed E-state index contributed by atoms with van der Waals surface area (Å²) in [5.74, 6) is 0. The molecule has 0 spiro atoms. The number of rotatable bonds is 1. The van der Waals surface area contributed by atoms with Gasteiger partial charge in [0.25, 0.3) is 0 Å². The predicted molar refractivity (Wildman–Crippen MR) is 51.1 cm³/mol. The maximum atomic E-state index is 8.98. The van der Waals surface area contributed by atoms with Crippen LogP contribution < -0.4 is 5.46 Å². The summed E-state index contributed by atoms with van der Waals surface area (Å²) in [4.78, 5) is 3.85. The van der Waals surface area contributed by atoms with Crippen LogP contribution >= 0.6 is 0 Å². The molecule has 0 aliphatic rings. The minimum Gasteiger partial charge on any atom is -0.446 e. The molecule has 1 rings (SSSR count). The topological polar surface area (TPSA) is 33.1 Å². The second-order valence-corrected chi connectivity index (χ2v) is 1.96. The summed E-state index contributed by atoms with van der Waals surface area (Å²) in [5, 5.41) is 8.98. The first-order valence-corrected chi connectivity index (χ1v) is 3.38. The lowest BCUT2D eigenvalue weighted by Gasteiger charge is -1.95. The van der Waals surface area contributed by atoms with Crippen LogP contribution in [0.3, 0.4) is 0 Å². The van der Waals surface area contributed by atoms with E-state index in [0.717, 1.165) is 5.46 Å². The van der Waals surface area contributed by atoms with Gasteiger partial charge >= 0.3 is 6.92 Å². The van der Waals surface area contributed by atoms with Crippen molar-refractivity contribution in [1.29, 1.82) is 0 Å². The lowest BCUT2D eigenvalue weighted by Crippen LogP contribution is -2.25. The highest BCUT2D eigenvalue weighted by Crippen LogP contribution is 1.79. The summed E-state index contributed by atoms with van der Waals surface area (Å²) >= 11 is 0. The van der Waals surface area contributed by atoms with Crippen molar-refractivity contribution >= 4 is 12.4 Å². The van der Waals surface area contributed by atoms with Crippen LogP contribution in [-0.2, 0) is 0 Å². The lowest BCUT2D eigenvalue weighted by molar-refractivity contribution is 0.594. The number of aromatic nitrogens is 1. The molecule has 2 nitrogen and oxygen atoms in total. The van der Waals surface area contributed by atoms with Gasteiger partial charge in [0, 0.05) is 13.8 Å². The van der Waals surface area contributed by atoms with Crippen molar-refractivity contribution in [1.82, 2.24) is 4.98 Å². The van der Waals surface area contributed by atoms with Gasteiger partial charge in [-0.1, -0.05) is 12.9 Å². The molecule has 0 atom stereocenters. The highest BCUT2D eigenvalue weighted by Gasteiger charge is 2.03. The Morgan fingerprint density at radius 3 is 2.55 bits per heavy atom. The highest BCUT2D eigenvalue weighted by atomic mass is 16.2. The van der Waals surface area contributed by atoms with E-state index in [-0.39, 0.29) is 1.43 Å². The number of nitrogens with zero attached hydrogens (tertiary/aromatic N) is 1. The Hall–Kier alpha value is -1.09. The molecule has 1 heterocycles. The first-order chi connectivity index (χ1) is 5.30. The Labute approximate surface area is 69.2 Å². The van der Waals surface area contributed by atoms with Gasteiger partial charge in [0.15, 0.2) is 0 Å². The molecule has 1 aromatic rings. The number of hydrogen-bond acceptors (Lipinski definition) is 2. The van der Waals surface area contributed by atoms with Crippen molar-refractivity contribution in [3.63, 3.8) is 0 Å². The van der Waals surface area contributed by atoms with E-state index in [1.807, 2.05) is 12.1 Å². The van der Waals surface area contributed by atoms with E-state index in [1.54, 1.807) is 19.2 Å². The third-order valence-corrected chi connectivity index (χ3v) is 1.17. The molecule has 1 aromatic heterocycles. The molecular weight excluding hydrogens is 137 g/mol. The largest absolute Gasteiger partial charge is 0.446 e. The molecule has 1 N–H and O–H groups in total. The molecule has 11 heavy (non-hydrogen) atoms. The zero-order valence-corrected chi connectivity index (χ0v) is 6.70. The number of pyridine rings is 1. The van der Waals surface area contributed by atoms with Gasteiger partial charge in [-0.15, -0.1) is 13.2 Å². The molecule has 0 bridgehead atoms. The van der Waals surface area contributed by atoms with E-state index in [9.17, 15) is 0 Å². The monoisotopic (exact) mass is 151 g/mol. The van der Waals surface area contributed by atoms with Crippen molar-refractivity contribution in [2.45, 2.75) is 6.82 Å². The summed E-state index contributed by atoms with van der Waals surface area (Å²) < 4.78 is 0. The molecule has 0 aromatic carbocycles. The summed E-state index contributed by atoms with van der Waals surface area (Å²) in [7, 11) is 0. The molecule has 0 aliphatic carbocycles. The van der Waals surface area contributed by atoms with Gasteiger partial charge in [-0.2, -0.15) is 0 Å². The maximum absolute atomic E-state index is 8.98. The summed E-state index contributed by atoms with van der Waals surface area (Å²) in [6.07, 6.45) is 3.34. The van der Waals surface area contributed by atoms with Crippen molar-refractivity contribution in [2.24, 2.45) is 0 Å². The second-order valence-electron chi connectivity index (χ2n) is 1.96. The quantitative estimate of drug-likeness (QED) is 0.478. The van der Waals surface area contributed by atoms with Crippen LogP contribution in [-0.4, -0.2) is 16.9 Å². The average molecular weight is 151 g/mol. The van der Waals surface area contributed by atoms with Gasteiger partial charge in [0.2, 0.25) is 0 Å². The normalized spacial score (nSPS) is 7.82. The fraction of sp³-hybridized carbons (Fsp3) is 0.125. The van der Waals surface area contributed by atoms with Gasteiger partial charge in [-0.3, -0.25) is 4.98 Å². The van der Waals surface area contributed by atoms with Crippen molar-refractivity contribution in [2.75, 3.05) is 0 Å². The van der Waals surface area contributed by atoms with Crippen molar-refractivity contribution in [3.8, 4) is 0 Å². The van der Waals surface area contributed by atoms with Crippen molar-refractivity contribution in [3.05, 3.63) is 37.7 Å². The molecule has 0 saturated carbocycles. The fourth-order valence-electron chi connectivity index (χ4n) is 0.623. The van der Waals surface area contributed by atoms with Crippen LogP contribution in [0.4, 0.5) is 0 Å². The third kappa shape index (κ3) is 3.58. The zero-order chi connectivity index (χ0) is 8.69. The first-order valence-electron chi connectivity index (χ1n) is 3.38. The van der Waals surface area contributed by atoms with E-state index in [0.29, 0.717) is 0 Å². The third-order valence-electron chi connectivity index (χ3n) is 1.17. The van der Waals surface area contributed by atoms with E-state index >= 15 is 0 Å². The summed E-state index contributed by atoms with van der Waals surface area (Å²) in [5.41, 5.74) is 0.859. The SMILES string of the molecule is C=C.CB(O)c1cccnc1.[HH]. The molecule has 0 aliphatic heterocycles. The van der Waals surface area contributed by atoms with Crippen LogP contribution in [0.2, 0.25) is 6.82 Å². The minimum absolute atomic E-state index is 0. The predicted octanol–water partition coefficient (Wildman–Crippen LogP) is 0.950. The maximum Gasteiger partial charge on any atom is 0.321 e. The van der Waals surface area contributed by atoms with Crippen LogP contribution in [0.1, 0.15) is 1.43 Å². The van der Waals surface area contributed by atoms with Crippen LogP contribution in [0.25, 0.3) is 0 Å². The van der Waals surface area contributed by atoms with E-state index in [1.165, 1.54) is 0 Å². The molecule has 0 saturated heterocycles. The average Bonchev–Trinajstić information content (AvgIpc) is 2.10. The van der Waals surface area contributed by atoms with Gasteiger partial charge in [-0.05, 0) is 11.5 Å². The van der Waals surface area contributed by atoms with Gasteiger partial charge in [0.05, 0.1) is 0 Å². The minimum atomic E-state index is -0.404. The Balaban J connectivity index is 0. The first kappa shape index (κ1) is 9.91. The summed E-state index contributed by atoms with van der Waals surface area (Å²) in [6, 6.07) is 3.65. The molecule has 0 radical (unpaired) electrons.